The van der Waals surface area contributed by atoms with E-state index in [-0.39, 0.29) is 5.78 Å². The lowest BCUT2D eigenvalue weighted by Crippen LogP contribution is -1.94. The molecule has 0 saturated heterocycles. The highest BCUT2D eigenvalue weighted by molar-refractivity contribution is 5.87. The van der Waals surface area contributed by atoms with Crippen molar-refractivity contribution >= 4 is 5.78 Å². The third-order valence-corrected chi connectivity index (χ3v) is 1.89. The summed E-state index contributed by atoms with van der Waals surface area (Å²) >= 11 is 0. The summed E-state index contributed by atoms with van der Waals surface area (Å²) < 4.78 is 5.44. The van der Waals surface area contributed by atoms with E-state index >= 15 is 0 Å². The molecule has 80 valence electrons. The molecule has 0 saturated carbocycles. The average molecular weight is 204 g/mol. The highest BCUT2D eigenvalue weighted by Crippen LogP contribution is 2.00. The lowest BCUT2D eigenvalue weighted by Gasteiger charge is -2.01. The van der Waals surface area contributed by atoms with E-state index in [0.29, 0.717) is 13.2 Å². The van der Waals surface area contributed by atoms with Gasteiger partial charge in [-0.3, -0.25) is 4.79 Å². The third-order valence-electron chi connectivity index (χ3n) is 1.89. The fourth-order valence-electron chi connectivity index (χ4n) is 1.16. The second kappa shape index (κ2) is 6.96. The zero-order valence-electron chi connectivity index (χ0n) is 8.98. The Kier molecular flexibility index (Phi) is 5.41. The van der Waals surface area contributed by atoms with Gasteiger partial charge in [0.25, 0.3) is 0 Å². The number of rotatable bonds is 6. The number of ether oxygens (including phenoxy) is 1. The first-order valence-corrected chi connectivity index (χ1v) is 5.08. The van der Waals surface area contributed by atoms with Crippen LogP contribution < -0.4 is 0 Å². The molecular formula is C13H16O2. The molecule has 2 heteroatoms. The second-order valence-corrected chi connectivity index (χ2v) is 3.34. The van der Waals surface area contributed by atoms with Crippen LogP contribution in [0.25, 0.3) is 0 Å². The molecule has 0 radical (unpaired) electrons. The first kappa shape index (κ1) is 11.7. The van der Waals surface area contributed by atoms with E-state index in [2.05, 4.69) is 0 Å². The molecule has 1 aromatic rings. The molecule has 1 rings (SSSR count). The molecule has 0 unspecified atom stereocenters. The van der Waals surface area contributed by atoms with E-state index < -0.39 is 0 Å². The Morgan fingerprint density at radius 1 is 1.33 bits per heavy atom. The van der Waals surface area contributed by atoms with Gasteiger partial charge >= 0.3 is 0 Å². The van der Waals surface area contributed by atoms with Crippen LogP contribution in [0.3, 0.4) is 0 Å². The Labute approximate surface area is 90.6 Å². The highest BCUT2D eigenvalue weighted by atomic mass is 16.5. The van der Waals surface area contributed by atoms with Gasteiger partial charge in [0.05, 0.1) is 13.2 Å². The summed E-state index contributed by atoms with van der Waals surface area (Å²) in [5, 5.41) is 0. The molecule has 0 heterocycles. The molecule has 0 fully saturated rings. The molecule has 0 bridgehead atoms. The minimum atomic E-state index is 0.0815. The van der Waals surface area contributed by atoms with Gasteiger partial charge in [0.1, 0.15) is 0 Å². The van der Waals surface area contributed by atoms with Crippen molar-refractivity contribution in [3.8, 4) is 0 Å². The van der Waals surface area contributed by atoms with Crippen molar-refractivity contribution in [1.82, 2.24) is 0 Å². The van der Waals surface area contributed by atoms with Gasteiger partial charge in [-0.05, 0) is 25.0 Å². The first-order chi connectivity index (χ1) is 7.29. The van der Waals surface area contributed by atoms with Gasteiger partial charge in [0, 0.05) is 0 Å². The zero-order valence-corrected chi connectivity index (χ0v) is 8.98. The quantitative estimate of drug-likeness (QED) is 0.526. The number of ketones is 1. The topological polar surface area (TPSA) is 26.3 Å². The summed E-state index contributed by atoms with van der Waals surface area (Å²) in [4.78, 5) is 10.6. The largest absolute Gasteiger partial charge is 0.376 e. The monoisotopic (exact) mass is 204 g/mol. The minimum Gasteiger partial charge on any atom is -0.376 e. The third kappa shape index (κ3) is 5.81. The van der Waals surface area contributed by atoms with Gasteiger partial charge in [-0.25, -0.2) is 0 Å². The summed E-state index contributed by atoms with van der Waals surface area (Å²) in [7, 11) is 0. The molecular weight excluding hydrogens is 188 g/mol. The second-order valence-electron chi connectivity index (χ2n) is 3.34. The van der Waals surface area contributed by atoms with Crippen LogP contribution in [0.5, 0.6) is 0 Å². The summed E-state index contributed by atoms with van der Waals surface area (Å²) in [6.45, 7) is 2.83. The van der Waals surface area contributed by atoms with Gasteiger partial charge in [0.2, 0.25) is 0 Å². The first-order valence-electron chi connectivity index (χ1n) is 5.08. The Balaban J connectivity index is 2.10. The maximum Gasteiger partial charge on any atom is 0.152 e. The van der Waals surface area contributed by atoms with Crippen LogP contribution in [-0.4, -0.2) is 12.4 Å². The van der Waals surface area contributed by atoms with E-state index in [1.807, 2.05) is 36.4 Å². The van der Waals surface area contributed by atoms with Crippen molar-refractivity contribution in [2.75, 3.05) is 6.61 Å². The molecule has 0 N–H and O–H groups in total. The van der Waals surface area contributed by atoms with Crippen molar-refractivity contribution in [2.24, 2.45) is 0 Å². The maximum atomic E-state index is 10.6. The van der Waals surface area contributed by atoms with Crippen LogP contribution in [0.1, 0.15) is 18.9 Å². The summed E-state index contributed by atoms with van der Waals surface area (Å²) in [5.41, 5.74) is 1.17. The van der Waals surface area contributed by atoms with E-state index in [0.717, 1.165) is 6.42 Å². The predicted octanol–water partition coefficient (Wildman–Crippen LogP) is 2.74. The highest BCUT2D eigenvalue weighted by Gasteiger charge is 1.90. The fraction of sp³-hybridized carbons (Fsp3) is 0.308. The van der Waals surface area contributed by atoms with Crippen molar-refractivity contribution in [2.45, 2.75) is 20.0 Å². The Hall–Kier alpha value is -1.41. The van der Waals surface area contributed by atoms with Crippen molar-refractivity contribution in [1.29, 1.82) is 0 Å². The van der Waals surface area contributed by atoms with Gasteiger partial charge in [-0.15, -0.1) is 0 Å². The molecule has 0 spiro atoms. The number of carbonyl (C=O) groups is 1. The molecule has 0 aromatic heterocycles. The normalized spacial score (nSPS) is 10.7. The van der Waals surface area contributed by atoms with Crippen LogP contribution in [0, 0.1) is 0 Å². The minimum absolute atomic E-state index is 0.0815. The van der Waals surface area contributed by atoms with Gasteiger partial charge < -0.3 is 4.74 Å². The standard InChI is InChI=1S/C13H16O2/c1-12(14)7-5-6-10-15-11-13-8-3-2-4-9-13/h2-5,7-9H,6,10-11H2,1H3. The number of allylic oxidation sites excluding steroid dienone is 1. The smallest absolute Gasteiger partial charge is 0.152 e. The lowest BCUT2D eigenvalue weighted by atomic mass is 10.2. The van der Waals surface area contributed by atoms with E-state index in [1.54, 1.807) is 13.0 Å². The van der Waals surface area contributed by atoms with Gasteiger partial charge in [-0.1, -0.05) is 36.4 Å². The van der Waals surface area contributed by atoms with Gasteiger partial charge in [-0.2, -0.15) is 0 Å². The fourth-order valence-corrected chi connectivity index (χ4v) is 1.16. The van der Waals surface area contributed by atoms with E-state index in [9.17, 15) is 4.79 Å². The molecule has 0 atom stereocenters. The van der Waals surface area contributed by atoms with Gasteiger partial charge in [0.15, 0.2) is 5.78 Å². The van der Waals surface area contributed by atoms with Crippen molar-refractivity contribution in [3.63, 3.8) is 0 Å². The number of hydrogen-bond acceptors (Lipinski definition) is 2. The van der Waals surface area contributed by atoms with E-state index in [4.69, 9.17) is 4.74 Å². The Bertz CT molecular complexity index is 315. The number of hydrogen-bond donors (Lipinski definition) is 0. The van der Waals surface area contributed by atoms with Crippen LogP contribution in [0.2, 0.25) is 0 Å². The molecule has 2 nitrogen and oxygen atoms in total. The van der Waals surface area contributed by atoms with Crippen molar-refractivity contribution < 1.29 is 9.53 Å². The summed E-state index contributed by atoms with van der Waals surface area (Å²) in [6, 6.07) is 10.0. The molecule has 1 aromatic carbocycles. The average Bonchev–Trinajstić information content (AvgIpc) is 2.24. The van der Waals surface area contributed by atoms with Crippen LogP contribution >= 0.6 is 0 Å². The van der Waals surface area contributed by atoms with E-state index in [1.165, 1.54) is 5.56 Å². The molecule has 0 amide bonds. The van der Waals surface area contributed by atoms with Crippen LogP contribution in [0.15, 0.2) is 42.5 Å². The van der Waals surface area contributed by atoms with Crippen LogP contribution in [-0.2, 0) is 16.1 Å². The summed E-state index contributed by atoms with van der Waals surface area (Å²) in [6.07, 6.45) is 4.20. The SMILES string of the molecule is CC(=O)C=CCCOCc1ccccc1. The number of benzene rings is 1. The molecule has 15 heavy (non-hydrogen) atoms. The molecule has 0 aliphatic rings. The Morgan fingerprint density at radius 2 is 2.07 bits per heavy atom. The molecule has 0 aliphatic carbocycles. The number of carbonyl (C=O) groups excluding carboxylic acids is 1. The zero-order chi connectivity index (χ0) is 10.9. The molecule has 0 aliphatic heterocycles. The summed E-state index contributed by atoms with van der Waals surface area (Å²) in [5.74, 6) is 0.0815. The Morgan fingerprint density at radius 3 is 2.73 bits per heavy atom. The van der Waals surface area contributed by atoms with Crippen molar-refractivity contribution in [3.05, 3.63) is 48.0 Å². The predicted molar refractivity (Wildman–Crippen MR) is 60.5 cm³/mol. The maximum absolute atomic E-state index is 10.6. The van der Waals surface area contributed by atoms with Crippen LogP contribution in [0.4, 0.5) is 0 Å². The lowest BCUT2D eigenvalue weighted by molar-refractivity contribution is -0.112.